The fourth-order valence-electron chi connectivity index (χ4n) is 2.60. The number of hydrogen-bond acceptors (Lipinski definition) is 5. The van der Waals surface area contributed by atoms with Crippen molar-refractivity contribution in [2.24, 2.45) is 5.92 Å². The molecule has 1 aliphatic heterocycles. The molecule has 7 heteroatoms. The smallest absolute Gasteiger partial charge is 0.246 e. The number of aromatic nitrogens is 4. The fraction of sp³-hybridized carbons (Fsp3) is 0.571. The van der Waals surface area contributed by atoms with Crippen LogP contribution in [0.4, 0.5) is 0 Å². The van der Waals surface area contributed by atoms with Gasteiger partial charge in [-0.05, 0) is 43.0 Å². The van der Waals surface area contributed by atoms with E-state index in [0.717, 1.165) is 25.3 Å². The van der Waals surface area contributed by atoms with Gasteiger partial charge in [-0.3, -0.25) is 4.79 Å². The Labute approximate surface area is 122 Å². The van der Waals surface area contributed by atoms with Crippen LogP contribution < -0.4 is 0 Å². The number of hydrogen-bond donors (Lipinski definition) is 0. The van der Waals surface area contributed by atoms with Crippen LogP contribution >= 0.6 is 0 Å². The van der Waals surface area contributed by atoms with Crippen molar-refractivity contribution in [2.45, 2.75) is 33.2 Å². The molecule has 0 aliphatic carbocycles. The van der Waals surface area contributed by atoms with E-state index in [-0.39, 0.29) is 12.5 Å². The van der Waals surface area contributed by atoms with Crippen LogP contribution in [0, 0.1) is 12.8 Å². The third kappa shape index (κ3) is 3.12. The first-order valence-corrected chi connectivity index (χ1v) is 7.24. The molecule has 3 heterocycles. The van der Waals surface area contributed by atoms with Gasteiger partial charge in [0.2, 0.25) is 11.7 Å². The van der Waals surface area contributed by atoms with E-state index in [1.165, 1.54) is 11.2 Å². The van der Waals surface area contributed by atoms with Crippen molar-refractivity contribution in [1.29, 1.82) is 0 Å². The van der Waals surface area contributed by atoms with Crippen molar-refractivity contribution in [3.8, 4) is 11.6 Å². The largest absolute Gasteiger partial charge is 0.458 e. The van der Waals surface area contributed by atoms with Crippen molar-refractivity contribution in [3.05, 3.63) is 17.9 Å². The minimum absolute atomic E-state index is 0.0427. The summed E-state index contributed by atoms with van der Waals surface area (Å²) in [6.07, 6.45) is 2.25. The third-order valence-corrected chi connectivity index (χ3v) is 3.70. The number of nitrogens with zero attached hydrogens (tertiary/aromatic N) is 5. The summed E-state index contributed by atoms with van der Waals surface area (Å²) in [5.74, 6) is 2.37. The highest BCUT2D eigenvalue weighted by molar-refractivity contribution is 5.75. The average Bonchev–Trinajstić information content (AvgIpc) is 3.07. The molecule has 2 aromatic rings. The monoisotopic (exact) mass is 289 g/mol. The van der Waals surface area contributed by atoms with Gasteiger partial charge < -0.3 is 9.32 Å². The summed E-state index contributed by atoms with van der Waals surface area (Å²) in [4.78, 5) is 15.4. The molecular weight excluding hydrogens is 270 g/mol. The molecule has 0 radical (unpaired) electrons. The summed E-state index contributed by atoms with van der Waals surface area (Å²) in [7, 11) is 0. The zero-order chi connectivity index (χ0) is 14.8. The number of carbonyl (C=O) groups is 1. The van der Waals surface area contributed by atoms with E-state index in [1.54, 1.807) is 6.07 Å². The van der Waals surface area contributed by atoms with Crippen LogP contribution in [0.2, 0.25) is 0 Å². The lowest BCUT2D eigenvalue weighted by Gasteiger charge is -2.30. The Morgan fingerprint density at radius 2 is 2.33 bits per heavy atom. The molecular formula is C14H19N5O2. The van der Waals surface area contributed by atoms with Crippen molar-refractivity contribution >= 4 is 5.91 Å². The second-order valence-electron chi connectivity index (χ2n) is 5.64. The maximum Gasteiger partial charge on any atom is 0.246 e. The van der Waals surface area contributed by atoms with Gasteiger partial charge >= 0.3 is 0 Å². The molecule has 0 bridgehead atoms. The maximum atomic E-state index is 12.2. The molecule has 112 valence electrons. The predicted molar refractivity (Wildman–Crippen MR) is 75.2 cm³/mol. The lowest BCUT2D eigenvalue weighted by molar-refractivity contribution is -0.134. The first-order valence-electron chi connectivity index (χ1n) is 7.24. The quantitative estimate of drug-likeness (QED) is 0.855. The summed E-state index contributed by atoms with van der Waals surface area (Å²) in [5.41, 5.74) is 0. The molecule has 1 fully saturated rings. The normalized spacial score (nSPS) is 19.0. The van der Waals surface area contributed by atoms with Gasteiger partial charge in [-0.25, -0.2) is 0 Å². The summed E-state index contributed by atoms with van der Waals surface area (Å²) < 4.78 is 5.44. The highest BCUT2D eigenvalue weighted by Crippen LogP contribution is 2.17. The molecule has 1 saturated heterocycles. The molecule has 0 unspecified atom stereocenters. The zero-order valence-corrected chi connectivity index (χ0v) is 12.3. The number of furan rings is 1. The molecule has 3 rings (SSSR count). The molecule has 0 saturated carbocycles. The number of aryl methyl sites for hydroxylation is 1. The SMILES string of the molecule is Cc1ccc(-c2nnn(CC(=O)N3CCC[C@@H](C)C3)n2)o1. The molecule has 0 aromatic carbocycles. The lowest BCUT2D eigenvalue weighted by Crippen LogP contribution is -2.41. The van der Waals surface area contributed by atoms with E-state index in [1.807, 2.05) is 17.9 Å². The van der Waals surface area contributed by atoms with Crippen LogP contribution in [-0.4, -0.2) is 44.1 Å². The van der Waals surface area contributed by atoms with Crippen LogP contribution in [0.15, 0.2) is 16.5 Å². The number of rotatable bonds is 3. The van der Waals surface area contributed by atoms with Gasteiger partial charge in [0.25, 0.3) is 0 Å². The Kier molecular flexibility index (Phi) is 3.72. The Hall–Kier alpha value is -2.18. The van der Waals surface area contributed by atoms with Crippen molar-refractivity contribution < 1.29 is 9.21 Å². The zero-order valence-electron chi connectivity index (χ0n) is 12.3. The number of piperidine rings is 1. The van der Waals surface area contributed by atoms with E-state index in [0.29, 0.717) is 17.5 Å². The first-order chi connectivity index (χ1) is 10.1. The second-order valence-corrected chi connectivity index (χ2v) is 5.64. The van der Waals surface area contributed by atoms with E-state index < -0.39 is 0 Å². The standard InChI is InChI=1S/C14H19N5O2/c1-10-4-3-7-18(8-10)13(20)9-19-16-14(15-17-19)12-6-5-11(2)21-12/h5-6,10H,3-4,7-9H2,1-2H3/t10-/m1/s1. The van der Waals surface area contributed by atoms with Gasteiger partial charge in [0.1, 0.15) is 12.3 Å². The van der Waals surface area contributed by atoms with Crippen molar-refractivity contribution in [2.75, 3.05) is 13.1 Å². The fourth-order valence-corrected chi connectivity index (χ4v) is 2.60. The van der Waals surface area contributed by atoms with Gasteiger partial charge in [-0.1, -0.05) is 6.92 Å². The van der Waals surface area contributed by atoms with E-state index in [9.17, 15) is 4.79 Å². The average molecular weight is 289 g/mol. The predicted octanol–water partition coefficient (Wildman–Crippen LogP) is 1.50. The molecule has 0 N–H and O–H groups in total. The summed E-state index contributed by atoms with van der Waals surface area (Å²) in [5, 5.41) is 12.1. The van der Waals surface area contributed by atoms with Crippen LogP contribution in [0.25, 0.3) is 11.6 Å². The lowest BCUT2D eigenvalue weighted by atomic mass is 10.0. The van der Waals surface area contributed by atoms with E-state index in [2.05, 4.69) is 22.3 Å². The minimum atomic E-state index is 0.0427. The molecule has 1 aliphatic rings. The molecule has 21 heavy (non-hydrogen) atoms. The van der Waals surface area contributed by atoms with Gasteiger partial charge in [-0.15, -0.1) is 10.2 Å². The topological polar surface area (TPSA) is 77.1 Å². The number of likely N-dealkylation sites (tertiary alicyclic amines) is 1. The van der Waals surface area contributed by atoms with Gasteiger partial charge in [0, 0.05) is 13.1 Å². The molecule has 1 atom stereocenters. The molecule has 2 aromatic heterocycles. The Morgan fingerprint density at radius 1 is 1.48 bits per heavy atom. The van der Waals surface area contributed by atoms with E-state index in [4.69, 9.17) is 4.42 Å². The first kappa shape index (κ1) is 13.8. The molecule has 0 spiro atoms. The third-order valence-electron chi connectivity index (χ3n) is 3.70. The van der Waals surface area contributed by atoms with Crippen LogP contribution in [0.3, 0.4) is 0 Å². The highest BCUT2D eigenvalue weighted by Gasteiger charge is 2.22. The summed E-state index contributed by atoms with van der Waals surface area (Å²) in [6.45, 7) is 5.79. The maximum absolute atomic E-state index is 12.2. The number of tetrazole rings is 1. The molecule has 7 nitrogen and oxygen atoms in total. The van der Waals surface area contributed by atoms with Gasteiger partial charge in [0.15, 0.2) is 5.76 Å². The van der Waals surface area contributed by atoms with Gasteiger partial charge in [0.05, 0.1) is 0 Å². The Morgan fingerprint density at radius 3 is 3.05 bits per heavy atom. The van der Waals surface area contributed by atoms with Crippen molar-refractivity contribution in [1.82, 2.24) is 25.1 Å². The Bertz CT molecular complexity index is 633. The second kappa shape index (κ2) is 5.67. The van der Waals surface area contributed by atoms with E-state index >= 15 is 0 Å². The minimum Gasteiger partial charge on any atom is -0.458 e. The summed E-state index contributed by atoms with van der Waals surface area (Å²) >= 11 is 0. The van der Waals surface area contributed by atoms with Crippen LogP contribution in [0.5, 0.6) is 0 Å². The Balaban J connectivity index is 1.65. The highest BCUT2D eigenvalue weighted by atomic mass is 16.3. The van der Waals surface area contributed by atoms with Crippen molar-refractivity contribution in [3.63, 3.8) is 0 Å². The number of amides is 1. The van der Waals surface area contributed by atoms with Crippen LogP contribution in [0.1, 0.15) is 25.5 Å². The van der Waals surface area contributed by atoms with Crippen LogP contribution in [-0.2, 0) is 11.3 Å². The molecule has 1 amide bonds. The number of carbonyl (C=O) groups excluding carboxylic acids is 1. The van der Waals surface area contributed by atoms with Gasteiger partial charge in [-0.2, -0.15) is 4.80 Å². The summed E-state index contributed by atoms with van der Waals surface area (Å²) in [6, 6.07) is 3.64.